The lowest BCUT2D eigenvalue weighted by atomic mass is 10.2. The average Bonchev–Trinajstić information content (AvgIpc) is 1.98. The van der Waals surface area contributed by atoms with Crippen molar-refractivity contribution in [3.8, 4) is 0 Å². The van der Waals surface area contributed by atoms with Gasteiger partial charge in [-0.15, -0.1) is 0 Å². The zero-order chi connectivity index (χ0) is 10.4. The van der Waals surface area contributed by atoms with E-state index in [-0.39, 0.29) is 24.5 Å². The Morgan fingerprint density at radius 1 is 1.31 bits per heavy atom. The van der Waals surface area contributed by atoms with Gasteiger partial charge in [0.05, 0.1) is 6.04 Å². The van der Waals surface area contributed by atoms with Crippen molar-refractivity contribution in [2.45, 2.75) is 32.9 Å². The standard InChI is InChI=1S/C8H16N2O3/c1-5(2)10-6(3)8(13)9-4-7(11)12/h5-6,10H,4H2,1-3H3,(H,9,13)(H,11,12). The Morgan fingerprint density at radius 2 is 1.85 bits per heavy atom. The third-order valence-corrected chi connectivity index (χ3v) is 1.39. The summed E-state index contributed by atoms with van der Waals surface area (Å²) in [4.78, 5) is 21.3. The van der Waals surface area contributed by atoms with E-state index in [4.69, 9.17) is 5.11 Å². The smallest absolute Gasteiger partial charge is 0.322 e. The van der Waals surface area contributed by atoms with E-state index in [1.807, 2.05) is 13.8 Å². The number of carboxylic acids is 1. The lowest BCUT2D eigenvalue weighted by Crippen LogP contribution is -2.46. The average molecular weight is 188 g/mol. The van der Waals surface area contributed by atoms with E-state index in [1.54, 1.807) is 6.92 Å². The van der Waals surface area contributed by atoms with E-state index in [9.17, 15) is 9.59 Å². The predicted molar refractivity (Wildman–Crippen MR) is 48.4 cm³/mol. The van der Waals surface area contributed by atoms with Gasteiger partial charge >= 0.3 is 5.97 Å². The van der Waals surface area contributed by atoms with Gasteiger partial charge in [0.1, 0.15) is 6.54 Å². The predicted octanol–water partition coefficient (Wildman–Crippen LogP) is -0.426. The summed E-state index contributed by atoms with van der Waals surface area (Å²) in [5.41, 5.74) is 0. The molecule has 0 rings (SSSR count). The third-order valence-electron chi connectivity index (χ3n) is 1.39. The summed E-state index contributed by atoms with van der Waals surface area (Å²) in [6.07, 6.45) is 0. The topological polar surface area (TPSA) is 78.4 Å². The highest BCUT2D eigenvalue weighted by atomic mass is 16.4. The summed E-state index contributed by atoms with van der Waals surface area (Å²) in [5, 5.41) is 13.5. The fraction of sp³-hybridized carbons (Fsp3) is 0.750. The fourth-order valence-corrected chi connectivity index (χ4v) is 0.892. The Balaban J connectivity index is 3.76. The van der Waals surface area contributed by atoms with Crippen LogP contribution < -0.4 is 10.6 Å². The van der Waals surface area contributed by atoms with Crippen molar-refractivity contribution < 1.29 is 14.7 Å². The number of carbonyl (C=O) groups is 2. The van der Waals surface area contributed by atoms with Crippen molar-refractivity contribution >= 4 is 11.9 Å². The van der Waals surface area contributed by atoms with Crippen LogP contribution in [0.4, 0.5) is 0 Å². The fourth-order valence-electron chi connectivity index (χ4n) is 0.892. The van der Waals surface area contributed by atoms with Gasteiger partial charge in [-0.25, -0.2) is 0 Å². The zero-order valence-electron chi connectivity index (χ0n) is 8.13. The highest BCUT2D eigenvalue weighted by Gasteiger charge is 2.13. The van der Waals surface area contributed by atoms with Gasteiger partial charge in [-0.1, -0.05) is 13.8 Å². The summed E-state index contributed by atoms with van der Waals surface area (Å²) in [7, 11) is 0. The molecule has 5 nitrogen and oxygen atoms in total. The summed E-state index contributed by atoms with van der Waals surface area (Å²) < 4.78 is 0. The van der Waals surface area contributed by atoms with Gasteiger partial charge in [-0.05, 0) is 6.92 Å². The molecule has 0 spiro atoms. The number of carboxylic acid groups (broad SMARTS) is 1. The van der Waals surface area contributed by atoms with Crippen molar-refractivity contribution in [2.75, 3.05) is 6.54 Å². The molecular formula is C8H16N2O3. The monoisotopic (exact) mass is 188 g/mol. The quantitative estimate of drug-likeness (QED) is 0.547. The molecule has 76 valence electrons. The maximum absolute atomic E-state index is 11.1. The minimum atomic E-state index is -1.04. The summed E-state index contributed by atoms with van der Waals surface area (Å²) in [5.74, 6) is -1.33. The van der Waals surface area contributed by atoms with Gasteiger partial charge in [0, 0.05) is 6.04 Å². The third kappa shape index (κ3) is 6.10. The Morgan fingerprint density at radius 3 is 2.23 bits per heavy atom. The van der Waals surface area contributed by atoms with Gasteiger partial charge < -0.3 is 15.7 Å². The van der Waals surface area contributed by atoms with Crippen LogP contribution in [0.2, 0.25) is 0 Å². The van der Waals surface area contributed by atoms with E-state index < -0.39 is 5.97 Å². The molecule has 0 aromatic carbocycles. The second kappa shape index (κ2) is 5.53. The molecule has 0 fully saturated rings. The second-order valence-electron chi connectivity index (χ2n) is 3.15. The second-order valence-corrected chi connectivity index (χ2v) is 3.15. The highest BCUT2D eigenvalue weighted by molar-refractivity contribution is 5.84. The molecule has 1 amide bonds. The molecule has 13 heavy (non-hydrogen) atoms. The number of carbonyl (C=O) groups excluding carboxylic acids is 1. The van der Waals surface area contributed by atoms with Crippen LogP contribution in [0.15, 0.2) is 0 Å². The van der Waals surface area contributed by atoms with Crippen LogP contribution in [0.5, 0.6) is 0 Å². The Bertz CT molecular complexity index is 192. The van der Waals surface area contributed by atoms with Gasteiger partial charge in [0.2, 0.25) is 5.91 Å². The molecule has 0 saturated heterocycles. The molecule has 0 aliphatic rings. The number of hydrogen-bond acceptors (Lipinski definition) is 3. The molecule has 5 heteroatoms. The summed E-state index contributed by atoms with van der Waals surface area (Å²) in [6.45, 7) is 5.20. The zero-order valence-corrected chi connectivity index (χ0v) is 8.13. The molecule has 1 atom stereocenters. The van der Waals surface area contributed by atoms with Crippen LogP contribution in [0.1, 0.15) is 20.8 Å². The maximum Gasteiger partial charge on any atom is 0.322 e. The van der Waals surface area contributed by atoms with Crippen molar-refractivity contribution in [2.24, 2.45) is 0 Å². The number of amides is 1. The number of aliphatic carboxylic acids is 1. The Labute approximate surface area is 77.5 Å². The van der Waals surface area contributed by atoms with Crippen LogP contribution in [-0.2, 0) is 9.59 Å². The molecule has 3 N–H and O–H groups in total. The first-order valence-electron chi connectivity index (χ1n) is 4.19. The van der Waals surface area contributed by atoms with E-state index in [0.29, 0.717) is 0 Å². The lowest BCUT2D eigenvalue weighted by Gasteiger charge is -2.15. The Kier molecular flexibility index (Phi) is 5.06. The SMILES string of the molecule is CC(C)NC(C)C(=O)NCC(=O)O. The molecule has 0 heterocycles. The largest absolute Gasteiger partial charge is 0.480 e. The van der Waals surface area contributed by atoms with Crippen LogP contribution in [-0.4, -0.2) is 35.6 Å². The lowest BCUT2D eigenvalue weighted by molar-refractivity contribution is -0.138. The molecule has 0 aliphatic heterocycles. The molecule has 0 bridgehead atoms. The number of hydrogen-bond donors (Lipinski definition) is 3. The minimum absolute atomic E-state index is 0.200. The van der Waals surface area contributed by atoms with E-state index in [1.165, 1.54) is 0 Å². The van der Waals surface area contributed by atoms with Crippen molar-refractivity contribution in [3.05, 3.63) is 0 Å². The van der Waals surface area contributed by atoms with Gasteiger partial charge in [0.25, 0.3) is 0 Å². The molecule has 0 aromatic heterocycles. The molecule has 1 unspecified atom stereocenters. The summed E-state index contributed by atoms with van der Waals surface area (Å²) >= 11 is 0. The van der Waals surface area contributed by atoms with Crippen molar-refractivity contribution in [1.29, 1.82) is 0 Å². The number of nitrogens with one attached hydrogen (secondary N) is 2. The molecule has 0 aromatic rings. The van der Waals surface area contributed by atoms with Gasteiger partial charge in [-0.2, -0.15) is 0 Å². The molecule has 0 saturated carbocycles. The van der Waals surface area contributed by atoms with Gasteiger partial charge in [0.15, 0.2) is 0 Å². The van der Waals surface area contributed by atoms with Gasteiger partial charge in [-0.3, -0.25) is 9.59 Å². The van der Waals surface area contributed by atoms with E-state index in [2.05, 4.69) is 10.6 Å². The first kappa shape index (κ1) is 11.9. The van der Waals surface area contributed by atoms with Crippen LogP contribution in [0.3, 0.4) is 0 Å². The van der Waals surface area contributed by atoms with Crippen LogP contribution >= 0.6 is 0 Å². The van der Waals surface area contributed by atoms with E-state index in [0.717, 1.165) is 0 Å². The maximum atomic E-state index is 11.1. The number of rotatable bonds is 5. The summed E-state index contributed by atoms with van der Waals surface area (Å²) in [6, 6.07) is -0.162. The molecular weight excluding hydrogens is 172 g/mol. The first-order valence-corrected chi connectivity index (χ1v) is 4.19. The highest BCUT2D eigenvalue weighted by Crippen LogP contribution is 1.85. The molecule has 0 radical (unpaired) electrons. The van der Waals surface area contributed by atoms with Crippen molar-refractivity contribution in [3.63, 3.8) is 0 Å². The Hall–Kier alpha value is -1.10. The van der Waals surface area contributed by atoms with Crippen LogP contribution in [0, 0.1) is 0 Å². The van der Waals surface area contributed by atoms with E-state index >= 15 is 0 Å². The van der Waals surface area contributed by atoms with Crippen molar-refractivity contribution in [1.82, 2.24) is 10.6 Å². The first-order chi connectivity index (χ1) is 5.93. The van der Waals surface area contributed by atoms with Crippen LogP contribution in [0.25, 0.3) is 0 Å². The minimum Gasteiger partial charge on any atom is -0.480 e. The molecule has 0 aliphatic carbocycles. The normalized spacial score (nSPS) is 12.6.